The molecule has 15 nitrogen and oxygen atoms in total. The fourth-order valence-corrected chi connectivity index (χ4v) is 5.32. The Labute approximate surface area is 160 Å². The Kier molecular flexibility index (Phi) is 7.36. The Bertz CT molecular complexity index is 946. The van der Waals surface area contributed by atoms with Crippen molar-refractivity contribution in [1.82, 2.24) is 4.98 Å². The summed E-state index contributed by atoms with van der Waals surface area (Å²) in [6.45, 7) is -1.05. The maximum absolute atomic E-state index is 13.8. The van der Waals surface area contributed by atoms with Crippen LogP contribution in [0.15, 0.2) is 16.9 Å². The molecule has 0 radical (unpaired) electrons. The van der Waals surface area contributed by atoms with Crippen molar-refractivity contribution >= 4 is 23.5 Å². The van der Waals surface area contributed by atoms with Crippen LogP contribution in [0.1, 0.15) is 11.7 Å². The van der Waals surface area contributed by atoms with Gasteiger partial charge >= 0.3 is 23.5 Å². The van der Waals surface area contributed by atoms with Gasteiger partial charge < -0.3 is 34.5 Å². The largest absolute Gasteiger partial charge is 0.490 e. The van der Waals surface area contributed by atoms with E-state index >= 15 is 0 Å². The third kappa shape index (κ3) is 6.84. The maximum Gasteiger partial charge on any atom is 0.490 e. The van der Waals surface area contributed by atoms with Gasteiger partial charge in [0, 0.05) is 11.6 Å². The molecule has 0 spiro atoms. The lowest BCUT2D eigenvalue weighted by atomic mass is 10.0. The molecule has 29 heavy (non-hydrogen) atoms. The SMILES string of the molecule is O=c1ccc([C@@H]2O[C@H](COP(=O)(O)OP(=O)(O)OP(=O)(O)O)C(O)C2O)c(F)[nH]1. The van der Waals surface area contributed by atoms with E-state index in [9.17, 15) is 38.0 Å². The number of hydrogen-bond acceptors (Lipinski definition) is 10. The van der Waals surface area contributed by atoms with Gasteiger partial charge in [0.2, 0.25) is 5.56 Å². The quantitative estimate of drug-likeness (QED) is 0.173. The highest BCUT2D eigenvalue weighted by Crippen LogP contribution is 2.66. The smallest absolute Gasteiger partial charge is 0.387 e. The summed E-state index contributed by atoms with van der Waals surface area (Å²) in [5.41, 5.74) is -1.14. The number of pyridine rings is 1. The third-order valence-electron chi connectivity index (χ3n) is 3.39. The van der Waals surface area contributed by atoms with Crippen LogP contribution in [-0.2, 0) is 31.6 Å². The Balaban J connectivity index is 2.05. The highest BCUT2D eigenvalue weighted by Gasteiger charge is 2.47. The topological polar surface area (TPSA) is 242 Å². The Hall–Kier alpha value is -0.830. The second-order valence-corrected chi connectivity index (χ2v) is 9.97. The van der Waals surface area contributed by atoms with Crippen molar-refractivity contribution in [2.75, 3.05) is 6.61 Å². The number of aliphatic hydroxyl groups excluding tert-OH is 2. The van der Waals surface area contributed by atoms with Gasteiger partial charge in [0.05, 0.1) is 6.61 Å². The molecule has 7 N–H and O–H groups in total. The molecule has 0 aromatic carbocycles. The lowest BCUT2D eigenvalue weighted by Crippen LogP contribution is -2.33. The maximum atomic E-state index is 13.8. The van der Waals surface area contributed by atoms with Crippen LogP contribution in [0.3, 0.4) is 0 Å². The predicted molar refractivity (Wildman–Crippen MR) is 86.5 cm³/mol. The van der Waals surface area contributed by atoms with Gasteiger partial charge in [-0.3, -0.25) is 14.3 Å². The van der Waals surface area contributed by atoms with Gasteiger partial charge in [-0.05, 0) is 6.07 Å². The summed E-state index contributed by atoms with van der Waals surface area (Å²) in [6.07, 6.45) is -6.65. The lowest BCUT2D eigenvalue weighted by molar-refractivity contribution is -0.0233. The summed E-state index contributed by atoms with van der Waals surface area (Å²) in [5, 5.41) is 19.9. The second-order valence-electron chi connectivity index (χ2n) is 5.55. The van der Waals surface area contributed by atoms with Crippen molar-refractivity contribution in [2.45, 2.75) is 24.4 Å². The van der Waals surface area contributed by atoms with Gasteiger partial charge in [-0.1, -0.05) is 0 Å². The van der Waals surface area contributed by atoms with Crippen LogP contribution in [-0.4, -0.2) is 59.7 Å². The second kappa shape index (κ2) is 8.73. The van der Waals surface area contributed by atoms with Crippen molar-refractivity contribution < 1.29 is 65.8 Å². The van der Waals surface area contributed by atoms with Gasteiger partial charge in [-0.15, -0.1) is 0 Å². The van der Waals surface area contributed by atoms with Crippen LogP contribution >= 0.6 is 23.5 Å². The monoisotopic (exact) mass is 485 g/mol. The summed E-state index contributed by atoms with van der Waals surface area (Å²) in [5.74, 6) is -1.16. The average molecular weight is 485 g/mol. The van der Waals surface area contributed by atoms with Crippen molar-refractivity contribution in [1.29, 1.82) is 0 Å². The molecule has 19 heteroatoms. The van der Waals surface area contributed by atoms with E-state index in [2.05, 4.69) is 13.1 Å². The molecule has 0 bridgehead atoms. The Morgan fingerprint density at radius 1 is 1.03 bits per heavy atom. The Morgan fingerprint density at radius 2 is 1.66 bits per heavy atom. The van der Waals surface area contributed by atoms with Crippen LogP contribution < -0.4 is 5.56 Å². The molecule has 4 unspecified atom stereocenters. The fraction of sp³-hybridized carbons (Fsp3) is 0.500. The van der Waals surface area contributed by atoms with Gasteiger partial charge in [0.15, 0.2) is 5.95 Å². The third-order valence-corrected chi connectivity index (χ3v) is 7.19. The fourth-order valence-electron chi connectivity index (χ4n) is 2.29. The average Bonchev–Trinajstić information content (AvgIpc) is 2.78. The van der Waals surface area contributed by atoms with Crippen LogP contribution in [0.2, 0.25) is 0 Å². The van der Waals surface area contributed by atoms with E-state index in [4.69, 9.17) is 19.4 Å². The van der Waals surface area contributed by atoms with Crippen LogP contribution in [0.25, 0.3) is 0 Å². The highest BCUT2D eigenvalue weighted by atomic mass is 31.3. The predicted octanol–water partition coefficient (Wildman–Crippen LogP) is -0.981. The molecule has 0 aliphatic carbocycles. The minimum Gasteiger partial charge on any atom is -0.387 e. The summed E-state index contributed by atoms with van der Waals surface area (Å²) >= 11 is 0. The normalized spacial score (nSPS) is 29.3. The molecular weight excluding hydrogens is 470 g/mol. The number of halogens is 1. The van der Waals surface area contributed by atoms with Gasteiger partial charge in [-0.25, -0.2) is 13.7 Å². The van der Waals surface area contributed by atoms with Crippen molar-refractivity contribution in [2.24, 2.45) is 0 Å². The van der Waals surface area contributed by atoms with E-state index in [1.807, 2.05) is 0 Å². The van der Waals surface area contributed by atoms with Gasteiger partial charge in [0.1, 0.15) is 24.4 Å². The first-order valence-corrected chi connectivity index (χ1v) is 11.8. The van der Waals surface area contributed by atoms with E-state index in [-0.39, 0.29) is 5.56 Å². The molecule has 1 aromatic heterocycles. The molecule has 1 aromatic rings. The first kappa shape index (κ1) is 24.4. The number of aromatic nitrogens is 1. The van der Waals surface area contributed by atoms with E-state index in [0.29, 0.717) is 0 Å². The Morgan fingerprint density at radius 3 is 2.21 bits per heavy atom. The molecule has 0 saturated carbocycles. The summed E-state index contributed by atoms with van der Waals surface area (Å²) in [4.78, 5) is 48.1. The van der Waals surface area contributed by atoms with E-state index in [1.165, 1.54) is 0 Å². The first-order valence-electron chi connectivity index (χ1n) is 7.29. The molecule has 0 amide bonds. The van der Waals surface area contributed by atoms with Crippen molar-refractivity contribution in [3.8, 4) is 0 Å². The number of phosphoric ester groups is 1. The highest BCUT2D eigenvalue weighted by molar-refractivity contribution is 7.66. The number of H-pyrrole nitrogens is 1. The van der Waals surface area contributed by atoms with Crippen molar-refractivity contribution in [3.05, 3.63) is 34.0 Å². The number of aromatic amines is 1. The van der Waals surface area contributed by atoms with Gasteiger partial charge in [-0.2, -0.15) is 13.0 Å². The van der Waals surface area contributed by atoms with E-state index in [1.54, 1.807) is 4.98 Å². The van der Waals surface area contributed by atoms with E-state index < -0.39 is 66.0 Å². The van der Waals surface area contributed by atoms with Crippen molar-refractivity contribution in [3.63, 3.8) is 0 Å². The van der Waals surface area contributed by atoms with Crippen LogP contribution in [0, 0.1) is 5.95 Å². The minimum atomic E-state index is -5.73. The zero-order valence-electron chi connectivity index (χ0n) is 13.8. The summed E-state index contributed by atoms with van der Waals surface area (Å²) < 4.78 is 63.7. The summed E-state index contributed by atoms with van der Waals surface area (Å²) in [7, 11) is -16.8. The first-order chi connectivity index (χ1) is 13.1. The zero-order valence-corrected chi connectivity index (χ0v) is 16.5. The molecule has 1 aliphatic heterocycles. The number of aliphatic hydroxyl groups is 2. The van der Waals surface area contributed by atoms with E-state index in [0.717, 1.165) is 12.1 Å². The molecule has 2 rings (SSSR count). The molecule has 2 heterocycles. The molecule has 1 aliphatic rings. The zero-order chi connectivity index (χ0) is 22.2. The lowest BCUT2D eigenvalue weighted by Gasteiger charge is -2.19. The minimum absolute atomic E-state index is 0.350. The number of rotatable bonds is 8. The summed E-state index contributed by atoms with van der Waals surface area (Å²) in [6, 6.07) is 1.89. The molecule has 6 atom stereocenters. The number of phosphoric acid groups is 3. The molecule has 1 saturated heterocycles. The molecule has 1 fully saturated rings. The van der Waals surface area contributed by atoms with Crippen LogP contribution in [0.5, 0.6) is 0 Å². The standard InChI is InChI=1S/C10H15FNO14P3/c11-10-4(1-2-6(13)12-10)9-8(15)7(14)5(24-9)3-23-28(19,20)26-29(21,22)25-27(16,17)18/h1-2,5,7-9,14-15H,3H2,(H,12,13)(H,19,20)(H,21,22)(H2,16,17,18)/t5-,7?,8?,9+/m1/s1. The number of ether oxygens (including phenoxy) is 1. The molecular formula is C10H15FNO14P3. The number of hydrogen-bond donors (Lipinski definition) is 7. The molecule has 166 valence electrons. The van der Waals surface area contributed by atoms with Crippen LogP contribution in [0.4, 0.5) is 4.39 Å². The van der Waals surface area contributed by atoms with Gasteiger partial charge in [0.25, 0.3) is 0 Å². The number of nitrogens with one attached hydrogen (secondary N) is 1.